The van der Waals surface area contributed by atoms with Crippen molar-refractivity contribution in [1.29, 1.82) is 0 Å². The van der Waals surface area contributed by atoms with Crippen molar-refractivity contribution in [2.45, 2.75) is 51.2 Å². The summed E-state index contributed by atoms with van der Waals surface area (Å²) in [6.07, 6.45) is 12.1. The monoisotopic (exact) mass is 402 g/mol. The van der Waals surface area contributed by atoms with Crippen LogP contribution in [0.2, 0.25) is 0 Å². The van der Waals surface area contributed by atoms with Gasteiger partial charge >= 0.3 is 0 Å². The maximum Gasteiger partial charge on any atom is 0.251 e. The van der Waals surface area contributed by atoms with Crippen molar-refractivity contribution in [3.8, 4) is 0 Å². The number of carbonyl (C=O) groups is 1. The van der Waals surface area contributed by atoms with E-state index in [0.717, 1.165) is 17.7 Å². The smallest absolute Gasteiger partial charge is 0.251 e. The van der Waals surface area contributed by atoms with Crippen LogP contribution in [0.25, 0.3) is 0 Å². The Bertz CT molecular complexity index is 926. The van der Waals surface area contributed by atoms with E-state index in [1.54, 1.807) is 12.5 Å². The molecule has 1 N–H and O–H groups in total. The number of nitrogens with one attached hydrogen (secondary N) is 1. The van der Waals surface area contributed by atoms with E-state index in [-0.39, 0.29) is 5.91 Å². The highest BCUT2D eigenvalue weighted by atomic mass is 16.1. The molecule has 0 atom stereocenters. The van der Waals surface area contributed by atoms with Crippen molar-refractivity contribution in [2.75, 3.05) is 11.9 Å². The molecule has 2 aromatic carbocycles. The second-order valence-electron chi connectivity index (χ2n) is 8.18. The van der Waals surface area contributed by atoms with Crippen LogP contribution in [0.5, 0.6) is 0 Å². The normalized spacial score (nSPS) is 14.4. The second-order valence-corrected chi connectivity index (χ2v) is 8.18. The first-order valence-corrected chi connectivity index (χ1v) is 10.8. The molecule has 0 saturated heterocycles. The summed E-state index contributed by atoms with van der Waals surface area (Å²) in [6, 6.07) is 17.0. The zero-order chi connectivity index (χ0) is 20.8. The quantitative estimate of drug-likeness (QED) is 0.627. The van der Waals surface area contributed by atoms with Crippen molar-refractivity contribution in [3.05, 3.63) is 83.9 Å². The van der Waals surface area contributed by atoms with E-state index in [2.05, 4.69) is 46.5 Å². The van der Waals surface area contributed by atoms with E-state index in [0.29, 0.717) is 18.2 Å². The van der Waals surface area contributed by atoms with E-state index in [1.165, 1.54) is 37.8 Å². The molecule has 1 fully saturated rings. The Balaban J connectivity index is 1.29. The lowest BCUT2D eigenvalue weighted by Crippen LogP contribution is -2.33. The highest BCUT2D eigenvalue weighted by Crippen LogP contribution is 2.26. The first-order valence-electron chi connectivity index (χ1n) is 10.8. The van der Waals surface area contributed by atoms with Crippen molar-refractivity contribution < 1.29 is 4.79 Å². The SMILES string of the molecule is CN(c1ccc(CNC(=O)c2ccc(Cn3ccnc3)cc2)cc1)C1CCCCC1. The topological polar surface area (TPSA) is 50.2 Å². The van der Waals surface area contributed by atoms with Gasteiger partial charge in [0.05, 0.1) is 6.33 Å². The van der Waals surface area contributed by atoms with Crippen molar-refractivity contribution in [2.24, 2.45) is 0 Å². The number of imidazole rings is 1. The molecule has 0 unspecified atom stereocenters. The number of hydrogen-bond acceptors (Lipinski definition) is 3. The zero-order valence-corrected chi connectivity index (χ0v) is 17.6. The molecule has 30 heavy (non-hydrogen) atoms. The summed E-state index contributed by atoms with van der Waals surface area (Å²) in [4.78, 5) is 19.0. The Morgan fingerprint density at radius 2 is 1.73 bits per heavy atom. The Morgan fingerprint density at radius 1 is 1.03 bits per heavy atom. The number of benzene rings is 2. The van der Waals surface area contributed by atoms with Crippen LogP contribution in [0.15, 0.2) is 67.3 Å². The van der Waals surface area contributed by atoms with Gasteiger partial charge in [0.2, 0.25) is 0 Å². The number of carbonyl (C=O) groups excluding carboxylic acids is 1. The summed E-state index contributed by atoms with van der Waals surface area (Å²) in [7, 11) is 2.20. The van der Waals surface area contributed by atoms with Gasteiger partial charge in [0.1, 0.15) is 0 Å². The fraction of sp³-hybridized carbons (Fsp3) is 0.360. The summed E-state index contributed by atoms with van der Waals surface area (Å²) in [5.74, 6) is -0.0485. The first-order chi connectivity index (χ1) is 14.7. The molecule has 1 aliphatic carbocycles. The van der Waals surface area contributed by atoms with Gasteiger partial charge in [-0.2, -0.15) is 0 Å². The molecule has 4 rings (SSSR count). The van der Waals surface area contributed by atoms with Crippen LogP contribution in [0.3, 0.4) is 0 Å². The third-order valence-electron chi connectivity index (χ3n) is 6.06. The van der Waals surface area contributed by atoms with Crippen molar-refractivity contribution in [3.63, 3.8) is 0 Å². The number of hydrogen-bond donors (Lipinski definition) is 1. The van der Waals surface area contributed by atoms with E-state index in [4.69, 9.17) is 0 Å². The number of amides is 1. The minimum Gasteiger partial charge on any atom is -0.372 e. The average Bonchev–Trinajstić information content (AvgIpc) is 3.31. The third-order valence-corrected chi connectivity index (χ3v) is 6.06. The zero-order valence-electron chi connectivity index (χ0n) is 17.6. The van der Waals surface area contributed by atoms with Gasteiger partial charge in [-0.05, 0) is 48.2 Å². The van der Waals surface area contributed by atoms with Crippen LogP contribution < -0.4 is 10.2 Å². The molecular formula is C25H30N4O. The van der Waals surface area contributed by atoms with Gasteiger partial charge in [0.25, 0.3) is 5.91 Å². The average molecular weight is 403 g/mol. The number of nitrogens with zero attached hydrogens (tertiary/aromatic N) is 3. The minimum atomic E-state index is -0.0485. The van der Waals surface area contributed by atoms with Crippen LogP contribution in [0.1, 0.15) is 53.6 Å². The van der Waals surface area contributed by atoms with Crippen LogP contribution in [-0.2, 0) is 13.1 Å². The molecule has 156 valence electrons. The molecule has 3 aromatic rings. The highest BCUT2D eigenvalue weighted by molar-refractivity contribution is 5.94. The Hall–Kier alpha value is -3.08. The first kappa shape index (κ1) is 20.2. The summed E-state index contributed by atoms with van der Waals surface area (Å²) in [6.45, 7) is 1.28. The van der Waals surface area contributed by atoms with Crippen LogP contribution in [-0.4, -0.2) is 28.5 Å². The summed E-state index contributed by atoms with van der Waals surface area (Å²) < 4.78 is 2.00. The molecule has 5 nitrogen and oxygen atoms in total. The molecule has 0 aliphatic heterocycles. The summed E-state index contributed by atoms with van der Waals surface area (Å²) >= 11 is 0. The van der Waals surface area contributed by atoms with E-state index in [1.807, 2.05) is 35.0 Å². The molecule has 1 aromatic heterocycles. The van der Waals surface area contributed by atoms with Gasteiger partial charge in [0.15, 0.2) is 0 Å². The number of aromatic nitrogens is 2. The van der Waals surface area contributed by atoms with E-state index in [9.17, 15) is 4.79 Å². The summed E-state index contributed by atoms with van der Waals surface area (Å²) in [5.41, 5.74) is 4.19. The second kappa shape index (κ2) is 9.61. The maximum absolute atomic E-state index is 12.5. The van der Waals surface area contributed by atoms with Gasteiger partial charge in [-0.3, -0.25) is 4.79 Å². The molecular weight excluding hydrogens is 372 g/mol. The minimum absolute atomic E-state index is 0.0485. The van der Waals surface area contributed by atoms with Gasteiger partial charge in [-0.25, -0.2) is 4.98 Å². The molecule has 1 aliphatic rings. The highest BCUT2D eigenvalue weighted by Gasteiger charge is 2.18. The van der Waals surface area contributed by atoms with E-state index < -0.39 is 0 Å². The molecule has 5 heteroatoms. The molecule has 0 radical (unpaired) electrons. The third kappa shape index (κ3) is 5.09. The summed E-state index contributed by atoms with van der Waals surface area (Å²) in [5, 5.41) is 3.02. The van der Waals surface area contributed by atoms with Crippen molar-refractivity contribution in [1.82, 2.24) is 14.9 Å². The van der Waals surface area contributed by atoms with Crippen LogP contribution in [0.4, 0.5) is 5.69 Å². The largest absolute Gasteiger partial charge is 0.372 e. The lowest BCUT2D eigenvalue weighted by Gasteiger charge is -2.33. The van der Waals surface area contributed by atoms with Crippen molar-refractivity contribution >= 4 is 11.6 Å². The molecule has 1 amide bonds. The lowest BCUT2D eigenvalue weighted by molar-refractivity contribution is 0.0951. The van der Waals surface area contributed by atoms with Crippen LogP contribution in [0, 0.1) is 0 Å². The Kier molecular flexibility index (Phi) is 6.47. The lowest BCUT2D eigenvalue weighted by atomic mass is 9.94. The predicted octanol–water partition coefficient (Wildman–Crippen LogP) is 4.63. The van der Waals surface area contributed by atoms with Gasteiger partial charge in [-0.15, -0.1) is 0 Å². The fourth-order valence-corrected chi connectivity index (χ4v) is 4.17. The maximum atomic E-state index is 12.5. The van der Waals surface area contributed by atoms with Gasteiger partial charge in [-0.1, -0.05) is 43.5 Å². The standard InChI is InChI=1S/C25H30N4O/c1-28(23-5-3-2-4-6-23)24-13-9-20(10-14-24)17-27-25(30)22-11-7-21(8-12-22)18-29-16-15-26-19-29/h7-16,19,23H,2-6,17-18H2,1H3,(H,27,30). The predicted molar refractivity (Wildman–Crippen MR) is 121 cm³/mol. The number of anilines is 1. The Labute approximate surface area is 178 Å². The molecule has 0 spiro atoms. The Morgan fingerprint density at radius 3 is 2.40 bits per heavy atom. The van der Waals surface area contributed by atoms with Crippen LogP contribution >= 0.6 is 0 Å². The number of rotatable bonds is 7. The molecule has 0 bridgehead atoms. The fourth-order valence-electron chi connectivity index (χ4n) is 4.17. The van der Waals surface area contributed by atoms with Gasteiger partial charge in [0, 0.05) is 49.8 Å². The van der Waals surface area contributed by atoms with Gasteiger partial charge < -0.3 is 14.8 Å². The molecule has 1 heterocycles. The van der Waals surface area contributed by atoms with E-state index >= 15 is 0 Å². The molecule has 1 saturated carbocycles.